The highest BCUT2D eigenvalue weighted by Gasteiger charge is 2.23. The lowest BCUT2D eigenvalue weighted by Crippen LogP contribution is -1.96. The molecule has 0 aliphatic rings. The minimum Gasteiger partial charge on any atom is -0.508 e. The van der Waals surface area contributed by atoms with Crippen LogP contribution >= 0.6 is 0 Å². The molecule has 0 aliphatic carbocycles. The second kappa shape index (κ2) is 9.63. The van der Waals surface area contributed by atoms with Gasteiger partial charge in [-0.15, -0.1) is 0 Å². The average Bonchev–Trinajstić information content (AvgIpc) is 3.47. The van der Waals surface area contributed by atoms with E-state index in [0.29, 0.717) is 0 Å². The molecule has 8 N–H and O–H groups in total. The molecule has 2 heterocycles. The lowest BCUT2D eigenvalue weighted by molar-refractivity contribution is 0.0682. The number of rotatable bonds is 4. The SMILES string of the molecule is O=C(O)c1ccc2oc3c(C(=O)O)cc(O)cc3c2c1O.O=C(O)c1ccc2oc3c(C(=O)O)cc(O)cc3c2c1O. The van der Waals surface area contributed by atoms with E-state index in [-0.39, 0.29) is 77.6 Å². The molecule has 0 spiro atoms. The third-order valence-electron chi connectivity index (χ3n) is 6.31. The average molecular weight is 576 g/mol. The van der Waals surface area contributed by atoms with E-state index in [1.807, 2.05) is 0 Å². The molecule has 0 atom stereocenters. The predicted molar refractivity (Wildman–Crippen MR) is 142 cm³/mol. The molecule has 6 rings (SSSR count). The van der Waals surface area contributed by atoms with E-state index in [1.54, 1.807) is 0 Å². The summed E-state index contributed by atoms with van der Waals surface area (Å²) in [5.41, 5.74) is -1.09. The highest BCUT2D eigenvalue weighted by molar-refractivity contribution is 6.17. The summed E-state index contributed by atoms with van der Waals surface area (Å²) in [5.74, 6) is -7.03. The lowest BCUT2D eigenvalue weighted by atomic mass is 10.1. The van der Waals surface area contributed by atoms with Gasteiger partial charge in [0.15, 0.2) is 0 Å². The van der Waals surface area contributed by atoms with Gasteiger partial charge in [0.1, 0.15) is 67.6 Å². The molecule has 212 valence electrons. The zero-order valence-electron chi connectivity index (χ0n) is 20.6. The van der Waals surface area contributed by atoms with Crippen LogP contribution in [0, 0.1) is 0 Å². The molecule has 6 aromatic rings. The van der Waals surface area contributed by atoms with Gasteiger partial charge in [-0.3, -0.25) is 0 Å². The Bertz CT molecular complexity index is 1990. The van der Waals surface area contributed by atoms with Crippen LogP contribution in [0.15, 0.2) is 57.4 Å². The number of aromatic hydroxyl groups is 4. The van der Waals surface area contributed by atoms with Gasteiger partial charge in [0.25, 0.3) is 0 Å². The molecule has 0 radical (unpaired) electrons. The molecule has 0 unspecified atom stereocenters. The molecule has 0 saturated heterocycles. The summed E-state index contributed by atoms with van der Waals surface area (Å²) in [6, 6.07) is 9.40. The first-order valence-electron chi connectivity index (χ1n) is 11.6. The normalized spacial score (nSPS) is 11.0. The van der Waals surface area contributed by atoms with Crippen LogP contribution in [0.4, 0.5) is 0 Å². The van der Waals surface area contributed by atoms with Gasteiger partial charge in [0, 0.05) is 10.8 Å². The van der Waals surface area contributed by atoms with Crippen molar-refractivity contribution in [3.8, 4) is 23.0 Å². The summed E-state index contributed by atoms with van der Waals surface area (Å²) in [6.45, 7) is 0. The number of carbonyl (C=O) groups is 4. The zero-order valence-corrected chi connectivity index (χ0v) is 20.6. The van der Waals surface area contributed by atoms with Crippen molar-refractivity contribution in [3.05, 3.63) is 70.8 Å². The Balaban J connectivity index is 0.000000168. The van der Waals surface area contributed by atoms with Gasteiger partial charge in [0.2, 0.25) is 0 Å². The first-order chi connectivity index (χ1) is 19.8. The third-order valence-corrected chi connectivity index (χ3v) is 6.31. The molecule has 0 amide bonds. The van der Waals surface area contributed by atoms with E-state index in [4.69, 9.17) is 29.3 Å². The number of phenols is 4. The molecule has 0 saturated carbocycles. The number of fused-ring (bicyclic) bond motifs is 6. The third kappa shape index (κ3) is 4.24. The molecular formula is C28H16O14. The Morgan fingerprint density at radius 3 is 1.12 bits per heavy atom. The van der Waals surface area contributed by atoms with Gasteiger partial charge in [-0.1, -0.05) is 0 Å². The van der Waals surface area contributed by atoms with Gasteiger partial charge >= 0.3 is 23.9 Å². The predicted octanol–water partition coefficient (Wildman–Crippen LogP) is 4.79. The van der Waals surface area contributed by atoms with E-state index in [1.165, 1.54) is 24.3 Å². The monoisotopic (exact) mass is 576 g/mol. The van der Waals surface area contributed by atoms with Crippen molar-refractivity contribution in [2.45, 2.75) is 0 Å². The van der Waals surface area contributed by atoms with Crippen LogP contribution in [-0.2, 0) is 0 Å². The van der Waals surface area contributed by atoms with Crippen molar-refractivity contribution < 1.29 is 68.9 Å². The van der Waals surface area contributed by atoms with Crippen LogP contribution in [0.5, 0.6) is 23.0 Å². The van der Waals surface area contributed by atoms with Crippen LogP contribution in [0.1, 0.15) is 41.4 Å². The number of hydrogen-bond donors (Lipinski definition) is 8. The van der Waals surface area contributed by atoms with Gasteiger partial charge in [0.05, 0.1) is 10.8 Å². The molecule has 4 aromatic carbocycles. The summed E-state index contributed by atoms with van der Waals surface area (Å²) >= 11 is 0. The summed E-state index contributed by atoms with van der Waals surface area (Å²) in [4.78, 5) is 44.4. The molecule has 14 nitrogen and oxygen atoms in total. The maximum atomic E-state index is 11.2. The van der Waals surface area contributed by atoms with Crippen LogP contribution in [0.2, 0.25) is 0 Å². The molecule has 0 bridgehead atoms. The summed E-state index contributed by atoms with van der Waals surface area (Å²) in [7, 11) is 0. The highest BCUT2D eigenvalue weighted by atomic mass is 16.4. The fourth-order valence-electron chi connectivity index (χ4n) is 4.54. The molecular weight excluding hydrogens is 560 g/mol. The van der Waals surface area contributed by atoms with Gasteiger partial charge in [-0.25, -0.2) is 19.2 Å². The Kier molecular flexibility index (Phi) is 6.23. The van der Waals surface area contributed by atoms with Gasteiger partial charge in [-0.2, -0.15) is 0 Å². The second-order valence-corrected chi connectivity index (χ2v) is 8.83. The van der Waals surface area contributed by atoms with Crippen LogP contribution in [0.3, 0.4) is 0 Å². The van der Waals surface area contributed by atoms with E-state index in [2.05, 4.69) is 0 Å². The number of furan rings is 2. The first kappa shape index (κ1) is 27.1. The maximum absolute atomic E-state index is 11.2. The Morgan fingerprint density at radius 1 is 0.476 bits per heavy atom. The minimum atomic E-state index is -1.33. The van der Waals surface area contributed by atoms with E-state index >= 15 is 0 Å². The zero-order chi connectivity index (χ0) is 30.6. The number of benzene rings is 4. The lowest BCUT2D eigenvalue weighted by Gasteiger charge is -2.01. The molecule has 0 aliphatic heterocycles. The van der Waals surface area contributed by atoms with Crippen LogP contribution in [-0.4, -0.2) is 64.7 Å². The van der Waals surface area contributed by atoms with Crippen LogP contribution < -0.4 is 0 Å². The number of aromatic carboxylic acids is 4. The standard InChI is InChI=1S/2C14H8O7/c2*15-5-3-7-10-9(2-1-6(11(10)16)13(17)18)21-12(7)8(4-5)14(19)20/h2*1-4,15-16H,(H,17,18)(H,19,20). The van der Waals surface area contributed by atoms with E-state index in [0.717, 1.165) is 24.3 Å². The van der Waals surface area contributed by atoms with Crippen molar-refractivity contribution in [1.29, 1.82) is 0 Å². The Morgan fingerprint density at radius 2 is 0.810 bits per heavy atom. The molecule has 2 aromatic heterocycles. The fraction of sp³-hybridized carbons (Fsp3) is 0. The van der Waals surface area contributed by atoms with E-state index in [9.17, 15) is 39.6 Å². The van der Waals surface area contributed by atoms with Crippen LogP contribution in [0.25, 0.3) is 43.9 Å². The Hall–Kier alpha value is -6.44. The quantitative estimate of drug-likeness (QED) is 0.140. The molecule has 42 heavy (non-hydrogen) atoms. The van der Waals surface area contributed by atoms with Gasteiger partial charge in [-0.05, 0) is 48.5 Å². The number of carboxylic acids is 4. The second-order valence-electron chi connectivity index (χ2n) is 8.83. The largest absolute Gasteiger partial charge is 0.508 e. The number of hydrogen-bond acceptors (Lipinski definition) is 10. The highest BCUT2D eigenvalue weighted by Crippen LogP contribution is 2.41. The number of carboxylic acid groups (broad SMARTS) is 4. The van der Waals surface area contributed by atoms with Crippen molar-refractivity contribution in [2.24, 2.45) is 0 Å². The summed E-state index contributed by atoms with van der Waals surface area (Å²) in [6.07, 6.45) is 0. The topological polar surface area (TPSA) is 256 Å². The van der Waals surface area contributed by atoms with Crippen molar-refractivity contribution >= 4 is 67.8 Å². The smallest absolute Gasteiger partial charge is 0.339 e. The molecule has 14 heteroatoms. The van der Waals surface area contributed by atoms with Crippen molar-refractivity contribution in [3.63, 3.8) is 0 Å². The molecule has 0 fully saturated rings. The number of phenolic OH excluding ortho intramolecular Hbond substituents is 2. The minimum absolute atomic E-state index is 0.0447. The maximum Gasteiger partial charge on any atom is 0.339 e. The summed E-state index contributed by atoms with van der Waals surface area (Å²) in [5, 5.41) is 75.9. The first-order valence-corrected chi connectivity index (χ1v) is 11.6. The van der Waals surface area contributed by atoms with E-state index < -0.39 is 35.4 Å². The van der Waals surface area contributed by atoms with Crippen molar-refractivity contribution in [2.75, 3.05) is 0 Å². The van der Waals surface area contributed by atoms with Gasteiger partial charge < -0.3 is 49.7 Å². The van der Waals surface area contributed by atoms with Crippen molar-refractivity contribution in [1.82, 2.24) is 0 Å². The fourth-order valence-corrected chi connectivity index (χ4v) is 4.54. The summed E-state index contributed by atoms with van der Waals surface area (Å²) < 4.78 is 10.7. The Labute approximate surface area is 230 Å².